The van der Waals surface area contributed by atoms with Crippen LogP contribution in [-0.2, 0) is 26.3 Å². The molecule has 2 bridgehead atoms. The molecule has 2 saturated carbocycles. The number of fused-ring (bicyclic) bond motifs is 9. The Hall–Kier alpha value is -3.95. The number of imide groups is 1. The number of hydrogen-bond acceptors (Lipinski definition) is 6. The van der Waals surface area contributed by atoms with Gasteiger partial charge in [-0.25, -0.2) is 0 Å². The quantitative estimate of drug-likeness (QED) is 0.227. The summed E-state index contributed by atoms with van der Waals surface area (Å²) < 4.78 is 1.63. The van der Waals surface area contributed by atoms with Crippen molar-refractivity contribution in [2.75, 3.05) is 10.2 Å². The Bertz CT molecular complexity index is 2010. The number of benzene rings is 3. The molecule has 48 heavy (non-hydrogen) atoms. The summed E-state index contributed by atoms with van der Waals surface area (Å²) in [5.41, 5.74) is 5.84. The maximum Gasteiger partial charge on any atom is 0.308 e. The van der Waals surface area contributed by atoms with E-state index < -0.39 is 0 Å². The Balaban J connectivity index is 1.18. The molecule has 0 radical (unpaired) electrons. The molecule has 7 atom stereocenters. The standard InChI is InChI=1S/C39H39N3O4S2/c1-20-6-14-24(15-7-20)40-28(43)19-41-37-34(48-38(41)46)29(22-10-12-23(13-11-22)39(3,4)5)30-26-18-27(33(30)47-37)32-31(26)35(44)42(36(32)45)25-16-8-21(2)9-17-25/h6-17,26-27,29-33H,18-19H2,1-5H3,(H,40,43). The number of thioether (sulfide) groups is 1. The minimum atomic E-state index is -0.369. The fraction of sp³-hybridized carbons (Fsp3) is 0.385. The molecule has 1 aromatic heterocycles. The first-order chi connectivity index (χ1) is 22.9. The highest BCUT2D eigenvalue weighted by Crippen LogP contribution is 2.69. The van der Waals surface area contributed by atoms with E-state index in [-0.39, 0.29) is 75.3 Å². The maximum atomic E-state index is 14.1. The zero-order valence-electron chi connectivity index (χ0n) is 27.7. The second kappa shape index (κ2) is 11.3. The Morgan fingerprint density at radius 2 is 1.44 bits per heavy atom. The molecule has 1 N–H and O–H groups in total. The Kier molecular flexibility index (Phi) is 7.38. The van der Waals surface area contributed by atoms with Crippen molar-refractivity contribution >= 4 is 52.2 Å². The monoisotopic (exact) mass is 677 g/mol. The average Bonchev–Trinajstić information content (AvgIpc) is 3.77. The van der Waals surface area contributed by atoms with Crippen LogP contribution in [0.2, 0.25) is 0 Å². The Labute approximate surface area is 288 Å². The molecule has 2 aliphatic heterocycles. The molecule has 7 unspecified atom stereocenters. The molecule has 9 heteroatoms. The van der Waals surface area contributed by atoms with Crippen LogP contribution in [0, 0.1) is 43.4 Å². The number of rotatable bonds is 5. The maximum absolute atomic E-state index is 14.1. The van der Waals surface area contributed by atoms with E-state index in [1.54, 1.807) is 16.3 Å². The van der Waals surface area contributed by atoms with Crippen LogP contribution in [0.3, 0.4) is 0 Å². The third-order valence-corrected chi connectivity index (χ3v) is 13.8. The zero-order chi connectivity index (χ0) is 33.6. The first-order valence-electron chi connectivity index (χ1n) is 16.7. The largest absolute Gasteiger partial charge is 0.325 e. The van der Waals surface area contributed by atoms with E-state index in [9.17, 15) is 19.2 Å². The molecule has 4 aliphatic rings. The van der Waals surface area contributed by atoms with Crippen molar-refractivity contribution in [1.29, 1.82) is 0 Å². The molecule has 0 spiro atoms. The van der Waals surface area contributed by atoms with Gasteiger partial charge in [0, 0.05) is 21.7 Å². The Morgan fingerprint density at radius 1 is 0.833 bits per heavy atom. The van der Waals surface area contributed by atoms with Gasteiger partial charge in [-0.15, -0.1) is 11.8 Å². The number of aryl methyl sites for hydroxylation is 2. The minimum Gasteiger partial charge on any atom is -0.325 e. The van der Waals surface area contributed by atoms with E-state index in [0.717, 1.165) is 33.0 Å². The number of carbonyl (C=O) groups excluding carboxylic acids is 3. The number of thiazole rings is 1. The van der Waals surface area contributed by atoms with Crippen molar-refractivity contribution in [3.63, 3.8) is 0 Å². The van der Waals surface area contributed by atoms with Gasteiger partial charge in [0.05, 0.1) is 22.5 Å². The molecule has 4 aromatic rings. The summed E-state index contributed by atoms with van der Waals surface area (Å²) in [6, 6.07) is 24.0. The zero-order valence-corrected chi connectivity index (χ0v) is 29.4. The van der Waals surface area contributed by atoms with Gasteiger partial charge >= 0.3 is 4.87 Å². The van der Waals surface area contributed by atoms with E-state index in [1.165, 1.54) is 21.8 Å². The molecule has 246 valence electrons. The van der Waals surface area contributed by atoms with Gasteiger partial charge in [0.25, 0.3) is 0 Å². The number of anilines is 2. The van der Waals surface area contributed by atoms with Crippen LogP contribution in [-0.4, -0.2) is 27.5 Å². The fourth-order valence-electron chi connectivity index (χ4n) is 8.75. The molecule has 3 fully saturated rings. The number of aromatic nitrogens is 1. The van der Waals surface area contributed by atoms with Gasteiger partial charge in [0.2, 0.25) is 17.7 Å². The normalized spacial score (nSPS) is 27.2. The number of carbonyl (C=O) groups is 3. The van der Waals surface area contributed by atoms with Crippen molar-refractivity contribution in [3.05, 3.63) is 110 Å². The van der Waals surface area contributed by atoms with Gasteiger partial charge < -0.3 is 5.32 Å². The van der Waals surface area contributed by atoms with Crippen molar-refractivity contribution in [1.82, 2.24) is 4.57 Å². The predicted molar refractivity (Wildman–Crippen MR) is 191 cm³/mol. The van der Waals surface area contributed by atoms with E-state index in [2.05, 4.69) is 50.4 Å². The lowest BCUT2D eigenvalue weighted by atomic mass is 9.68. The van der Waals surface area contributed by atoms with E-state index >= 15 is 0 Å². The summed E-state index contributed by atoms with van der Waals surface area (Å²) in [4.78, 5) is 57.5. The molecule has 3 amide bonds. The van der Waals surface area contributed by atoms with Gasteiger partial charge in [-0.3, -0.25) is 28.6 Å². The van der Waals surface area contributed by atoms with Gasteiger partial charge in [-0.1, -0.05) is 91.8 Å². The van der Waals surface area contributed by atoms with E-state index in [4.69, 9.17) is 0 Å². The summed E-state index contributed by atoms with van der Waals surface area (Å²) in [7, 11) is 0. The lowest BCUT2D eigenvalue weighted by Gasteiger charge is -2.43. The summed E-state index contributed by atoms with van der Waals surface area (Å²) in [6.07, 6.45) is 0.820. The summed E-state index contributed by atoms with van der Waals surface area (Å²) in [5.74, 6) is -1.14. The van der Waals surface area contributed by atoms with Gasteiger partial charge in [0.1, 0.15) is 6.54 Å². The number of hydrogen-bond donors (Lipinski definition) is 1. The van der Waals surface area contributed by atoms with E-state index in [0.29, 0.717) is 11.4 Å². The van der Waals surface area contributed by atoms with Crippen LogP contribution >= 0.6 is 23.1 Å². The minimum absolute atomic E-state index is 0.0104. The lowest BCUT2D eigenvalue weighted by molar-refractivity contribution is -0.123. The first-order valence-corrected chi connectivity index (χ1v) is 18.4. The van der Waals surface area contributed by atoms with Crippen molar-refractivity contribution in [2.45, 2.75) is 69.2 Å². The van der Waals surface area contributed by atoms with Crippen molar-refractivity contribution < 1.29 is 14.4 Å². The second-order valence-corrected chi connectivity index (χ2v) is 17.2. The van der Waals surface area contributed by atoms with Crippen LogP contribution in [0.5, 0.6) is 0 Å². The van der Waals surface area contributed by atoms with Crippen LogP contribution in [0.15, 0.2) is 82.6 Å². The summed E-state index contributed by atoms with van der Waals surface area (Å²) >= 11 is 2.88. The molecular weight excluding hydrogens is 639 g/mol. The van der Waals surface area contributed by atoms with Crippen LogP contribution in [0.1, 0.15) is 60.2 Å². The molecule has 3 aromatic carbocycles. The SMILES string of the molecule is Cc1ccc(NC(=O)Cn2c3c(sc2=O)C(c2ccc(C(C)(C)C)cc2)C2C4CC(C2S3)C2C(=O)N(c3ccc(C)cc3)C(=O)C42)cc1. The molecule has 1 saturated heterocycles. The van der Waals surface area contributed by atoms with Gasteiger partial charge in [0.15, 0.2) is 0 Å². The lowest BCUT2D eigenvalue weighted by Crippen LogP contribution is -2.43. The smallest absolute Gasteiger partial charge is 0.308 e. The van der Waals surface area contributed by atoms with Crippen LogP contribution in [0.25, 0.3) is 0 Å². The van der Waals surface area contributed by atoms with E-state index in [1.807, 2.05) is 62.4 Å². The summed E-state index contributed by atoms with van der Waals surface area (Å²) in [5, 5.41) is 3.82. The van der Waals surface area contributed by atoms with Gasteiger partial charge in [-0.05, 0) is 78.8 Å². The Morgan fingerprint density at radius 3 is 2.06 bits per heavy atom. The third-order valence-electron chi connectivity index (χ3n) is 11.0. The molecular formula is C39H39N3O4S2. The highest BCUT2D eigenvalue weighted by Gasteiger charge is 2.69. The summed E-state index contributed by atoms with van der Waals surface area (Å²) in [6.45, 7) is 10.5. The van der Waals surface area contributed by atoms with Crippen molar-refractivity contribution in [3.8, 4) is 0 Å². The topological polar surface area (TPSA) is 88.5 Å². The first kappa shape index (κ1) is 31.3. The highest BCUT2D eigenvalue weighted by atomic mass is 32.2. The van der Waals surface area contributed by atoms with Crippen LogP contribution in [0.4, 0.5) is 11.4 Å². The molecule has 3 heterocycles. The third kappa shape index (κ3) is 4.92. The predicted octanol–water partition coefficient (Wildman–Crippen LogP) is 7.14. The second-order valence-electron chi connectivity index (χ2n) is 15.0. The average molecular weight is 678 g/mol. The molecule has 7 nitrogen and oxygen atoms in total. The highest BCUT2D eigenvalue weighted by molar-refractivity contribution is 8.00. The van der Waals surface area contributed by atoms with Crippen molar-refractivity contribution in [2.24, 2.45) is 29.6 Å². The molecule has 8 rings (SSSR count). The fourth-order valence-corrected chi connectivity index (χ4v) is 11.9. The number of nitrogens with one attached hydrogen (secondary N) is 1. The number of amides is 3. The van der Waals surface area contributed by atoms with Gasteiger partial charge in [-0.2, -0.15) is 0 Å². The number of nitrogens with zero attached hydrogens (tertiary/aromatic N) is 2. The van der Waals surface area contributed by atoms with Crippen LogP contribution < -0.4 is 15.1 Å². The molecule has 2 aliphatic carbocycles.